The van der Waals surface area contributed by atoms with Gasteiger partial charge in [0, 0.05) is 24.8 Å². The van der Waals surface area contributed by atoms with Crippen molar-refractivity contribution >= 4 is 23.3 Å². The van der Waals surface area contributed by atoms with E-state index in [1.807, 2.05) is 0 Å². The quantitative estimate of drug-likeness (QED) is 0.670. The maximum absolute atomic E-state index is 12.6. The van der Waals surface area contributed by atoms with Crippen LogP contribution in [0.2, 0.25) is 0 Å². The van der Waals surface area contributed by atoms with Crippen LogP contribution in [0.4, 0.5) is 5.69 Å². The zero-order chi connectivity index (χ0) is 15.5. The summed E-state index contributed by atoms with van der Waals surface area (Å²) in [7, 11) is 0. The van der Waals surface area contributed by atoms with E-state index in [1.165, 1.54) is 11.1 Å². The van der Waals surface area contributed by atoms with Crippen molar-refractivity contribution in [2.75, 3.05) is 18.0 Å². The minimum atomic E-state index is -0.661. The van der Waals surface area contributed by atoms with Crippen LogP contribution in [0.1, 0.15) is 16.1 Å². The average Bonchev–Trinajstić information content (AvgIpc) is 2.57. The van der Waals surface area contributed by atoms with E-state index in [-0.39, 0.29) is 5.78 Å². The fourth-order valence-electron chi connectivity index (χ4n) is 2.35. The van der Waals surface area contributed by atoms with Gasteiger partial charge < -0.3 is 10.2 Å². The number of para-hydroxylation sites is 1. The number of nitrogens with one attached hydrogen (secondary N) is 1. The molecule has 0 saturated carbocycles. The summed E-state index contributed by atoms with van der Waals surface area (Å²) in [6.45, 7) is 0.688. The Bertz CT molecular complexity index is 743. The van der Waals surface area contributed by atoms with Crippen LogP contribution in [-0.4, -0.2) is 35.7 Å². The van der Waals surface area contributed by atoms with E-state index in [2.05, 4.69) is 10.3 Å². The van der Waals surface area contributed by atoms with E-state index in [0.29, 0.717) is 30.0 Å². The van der Waals surface area contributed by atoms with Gasteiger partial charge in [0.25, 0.3) is 0 Å². The lowest BCUT2D eigenvalue weighted by Gasteiger charge is -2.27. The minimum absolute atomic E-state index is 0.282. The zero-order valence-electron chi connectivity index (χ0n) is 11.7. The molecule has 0 aliphatic carbocycles. The Balaban J connectivity index is 2.02. The average molecular weight is 295 g/mol. The molecule has 0 atom stereocenters. The van der Waals surface area contributed by atoms with Gasteiger partial charge in [0.2, 0.25) is 5.78 Å². The van der Waals surface area contributed by atoms with Gasteiger partial charge in [-0.05, 0) is 24.3 Å². The second kappa shape index (κ2) is 5.77. The topological polar surface area (TPSA) is 79.4 Å². The molecule has 6 heteroatoms. The molecular weight excluding hydrogens is 282 g/mol. The monoisotopic (exact) mass is 295 g/mol. The van der Waals surface area contributed by atoms with Gasteiger partial charge >= 0.3 is 11.8 Å². The molecule has 2 heterocycles. The molecule has 1 aromatic heterocycles. The van der Waals surface area contributed by atoms with Crippen LogP contribution in [0.15, 0.2) is 48.7 Å². The fraction of sp³-hybridized carbons (Fsp3) is 0.125. The lowest BCUT2D eigenvalue weighted by atomic mass is 10.0. The molecule has 22 heavy (non-hydrogen) atoms. The summed E-state index contributed by atoms with van der Waals surface area (Å²) < 4.78 is 0. The molecule has 6 nitrogen and oxygen atoms in total. The molecule has 1 aliphatic rings. The first kappa shape index (κ1) is 13.9. The van der Waals surface area contributed by atoms with E-state index in [4.69, 9.17) is 0 Å². The predicted octanol–water partition coefficient (Wildman–Crippen LogP) is 0.775. The molecule has 0 bridgehead atoms. The normalized spacial score (nSPS) is 14.6. The Morgan fingerprint density at radius 2 is 1.86 bits per heavy atom. The lowest BCUT2D eigenvalue weighted by molar-refractivity contribution is -0.138. The third kappa shape index (κ3) is 2.46. The van der Waals surface area contributed by atoms with Gasteiger partial charge in [-0.1, -0.05) is 18.2 Å². The predicted molar refractivity (Wildman–Crippen MR) is 79.5 cm³/mol. The number of nitrogens with zero attached hydrogens (tertiary/aromatic N) is 2. The highest BCUT2D eigenvalue weighted by Crippen LogP contribution is 2.23. The Morgan fingerprint density at radius 1 is 1.09 bits per heavy atom. The molecule has 1 aromatic carbocycles. The SMILES string of the molecule is O=C1NCCN(c2ccccc2C(=O)c2ccccn2)C1=O. The largest absolute Gasteiger partial charge is 0.346 e. The third-order valence-electron chi connectivity index (χ3n) is 3.40. The first-order chi connectivity index (χ1) is 10.7. The highest BCUT2D eigenvalue weighted by molar-refractivity contribution is 6.41. The van der Waals surface area contributed by atoms with Crippen LogP contribution in [0.25, 0.3) is 0 Å². The standard InChI is InChI=1S/C16H13N3O3/c20-14(12-6-3-4-8-17-12)11-5-1-2-7-13(11)19-10-9-18-15(21)16(19)22/h1-8H,9-10H2,(H,18,21). The summed E-state index contributed by atoms with van der Waals surface area (Å²) in [5, 5.41) is 2.48. The van der Waals surface area contributed by atoms with Crippen molar-refractivity contribution in [1.82, 2.24) is 10.3 Å². The molecule has 1 saturated heterocycles. The molecule has 1 fully saturated rings. The summed E-state index contributed by atoms with van der Waals surface area (Å²) in [5.41, 5.74) is 1.08. The number of hydrogen-bond acceptors (Lipinski definition) is 4. The summed E-state index contributed by atoms with van der Waals surface area (Å²) in [5.74, 6) is -1.60. The van der Waals surface area contributed by atoms with E-state index in [9.17, 15) is 14.4 Å². The van der Waals surface area contributed by atoms with Crippen LogP contribution in [0.3, 0.4) is 0 Å². The lowest BCUT2D eigenvalue weighted by Crippen LogP contribution is -2.52. The highest BCUT2D eigenvalue weighted by Gasteiger charge is 2.30. The third-order valence-corrected chi connectivity index (χ3v) is 3.40. The number of rotatable bonds is 3. The molecule has 0 spiro atoms. The molecule has 1 aliphatic heterocycles. The van der Waals surface area contributed by atoms with Gasteiger partial charge in [-0.3, -0.25) is 19.4 Å². The Hall–Kier alpha value is -3.02. The number of ketones is 1. The van der Waals surface area contributed by atoms with Gasteiger partial charge in [0.05, 0.1) is 5.69 Å². The first-order valence-electron chi connectivity index (χ1n) is 6.83. The number of carbonyl (C=O) groups is 3. The highest BCUT2D eigenvalue weighted by atomic mass is 16.2. The van der Waals surface area contributed by atoms with Gasteiger partial charge in [-0.25, -0.2) is 0 Å². The van der Waals surface area contributed by atoms with E-state index in [0.717, 1.165) is 0 Å². The van der Waals surface area contributed by atoms with Crippen molar-refractivity contribution < 1.29 is 14.4 Å². The van der Waals surface area contributed by atoms with Crippen LogP contribution >= 0.6 is 0 Å². The Labute approximate surface area is 126 Å². The van der Waals surface area contributed by atoms with E-state index >= 15 is 0 Å². The molecule has 0 radical (unpaired) electrons. The van der Waals surface area contributed by atoms with Crippen molar-refractivity contribution in [2.24, 2.45) is 0 Å². The number of amides is 2. The maximum atomic E-state index is 12.6. The van der Waals surface area contributed by atoms with Crippen molar-refractivity contribution in [3.63, 3.8) is 0 Å². The molecule has 2 amide bonds. The second-order valence-corrected chi connectivity index (χ2v) is 4.77. The number of piperazine rings is 1. The molecule has 3 rings (SSSR count). The van der Waals surface area contributed by atoms with Gasteiger partial charge in [-0.2, -0.15) is 0 Å². The minimum Gasteiger partial charge on any atom is -0.346 e. The molecular formula is C16H13N3O3. The smallest absolute Gasteiger partial charge is 0.316 e. The van der Waals surface area contributed by atoms with Crippen LogP contribution in [-0.2, 0) is 9.59 Å². The summed E-state index contributed by atoms with van der Waals surface area (Å²) in [4.78, 5) is 41.5. The zero-order valence-corrected chi connectivity index (χ0v) is 11.7. The molecule has 1 N–H and O–H groups in total. The number of benzene rings is 1. The maximum Gasteiger partial charge on any atom is 0.316 e. The van der Waals surface area contributed by atoms with Crippen molar-refractivity contribution in [3.8, 4) is 0 Å². The van der Waals surface area contributed by atoms with Crippen LogP contribution in [0.5, 0.6) is 0 Å². The number of hydrogen-bond donors (Lipinski definition) is 1. The second-order valence-electron chi connectivity index (χ2n) is 4.77. The molecule has 110 valence electrons. The number of carbonyl (C=O) groups excluding carboxylic acids is 3. The number of pyridine rings is 1. The summed E-state index contributed by atoms with van der Waals surface area (Å²) in [6.07, 6.45) is 1.54. The Kier molecular flexibility index (Phi) is 3.65. The van der Waals surface area contributed by atoms with Crippen LogP contribution < -0.4 is 10.2 Å². The van der Waals surface area contributed by atoms with Gasteiger partial charge in [-0.15, -0.1) is 0 Å². The van der Waals surface area contributed by atoms with Crippen LogP contribution in [0, 0.1) is 0 Å². The van der Waals surface area contributed by atoms with Gasteiger partial charge in [0.1, 0.15) is 5.69 Å². The fourth-order valence-corrected chi connectivity index (χ4v) is 2.35. The molecule has 2 aromatic rings. The summed E-state index contributed by atoms with van der Waals surface area (Å²) >= 11 is 0. The van der Waals surface area contributed by atoms with Crippen molar-refractivity contribution in [2.45, 2.75) is 0 Å². The molecule has 0 unspecified atom stereocenters. The first-order valence-corrected chi connectivity index (χ1v) is 6.83. The van der Waals surface area contributed by atoms with E-state index in [1.54, 1.807) is 42.5 Å². The van der Waals surface area contributed by atoms with Crippen molar-refractivity contribution in [1.29, 1.82) is 0 Å². The van der Waals surface area contributed by atoms with Crippen molar-refractivity contribution in [3.05, 3.63) is 59.9 Å². The Morgan fingerprint density at radius 3 is 2.64 bits per heavy atom. The summed E-state index contributed by atoms with van der Waals surface area (Å²) in [6, 6.07) is 11.8. The number of anilines is 1. The number of aromatic nitrogens is 1. The van der Waals surface area contributed by atoms with E-state index < -0.39 is 11.8 Å². The van der Waals surface area contributed by atoms with Gasteiger partial charge in [0.15, 0.2) is 0 Å².